The highest BCUT2D eigenvalue weighted by Crippen LogP contribution is 2.55. The maximum Gasteiger partial charge on any atom is 0.317 e. The summed E-state index contributed by atoms with van der Waals surface area (Å²) in [5, 5.41) is 13.0. The van der Waals surface area contributed by atoms with Crippen molar-refractivity contribution in [2.45, 2.75) is 43.7 Å². The number of hydrogen-bond acceptors (Lipinski definition) is 3. The Morgan fingerprint density at radius 1 is 1.28 bits per heavy atom. The van der Waals surface area contributed by atoms with Crippen LogP contribution in [0, 0.1) is 5.92 Å². The van der Waals surface area contributed by atoms with Crippen LogP contribution in [0.3, 0.4) is 0 Å². The SMILES string of the molecule is CCCNC(=O)N1CC2(C1)[C@@H](c1ccccc1)[C@H](CO)N2CC1CC1. The molecule has 2 atom stereocenters. The molecular formula is C20H29N3O2. The third kappa shape index (κ3) is 2.83. The number of amides is 2. The van der Waals surface area contributed by atoms with Crippen LogP contribution in [0.1, 0.15) is 37.7 Å². The minimum atomic E-state index is 0.0148. The van der Waals surface area contributed by atoms with Gasteiger partial charge >= 0.3 is 6.03 Å². The van der Waals surface area contributed by atoms with E-state index in [0.29, 0.717) is 5.92 Å². The average Bonchev–Trinajstić information content (AvgIpc) is 3.40. The van der Waals surface area contributed by atoms with Gasteiger partial charge in [0.25, 0.3) is 0 Å². The topological polar surface area (TPSA) is 55.8 Å². The van der Waals surface area contributed by atoms with Gasteiger partial charge in [0.15, 0.2) is 0 Å². The van der Waals surface area contributed by atoms with E-state index < -0.39 is 0 Å². The molecule has 0 bridgehead atoms. The molecular weight excluding hydrogens is 314 g/mol. The van der Waals surface area contributed by atoms with Gasteiger partial charge in [0.05, 0.1) is 12.1 Å². The number of carbonyl (C=O) groups is 1. The lowest BCUT2D eigenvalue weighted by atomic mass is 9.60. The molecule has 1 aliphatic carbocycles. The zero-order valence-corrected chi connectivity index (χ0v) is 15.0. The second kappa shape index (κ2) is 6.61. The molecule has 1 spiro atoms. The van der Waals surface area contributed by atoms with Crippen LogP contribution in [0.25, 0.3) is 0 Å². The van der Waals surface area contributed by atoms with E-state index in [2.05, 4.69) is 41.4 Å². The van der Waals surface area contributed by atoms with Crippen molar-refractivity contribution in [3.8, 4) is 0 Å². The van der Waals surface area contributed by atoms with Gasteiger partial charge in [-0.25, -0.2) is 4.79 Å². The standard InChI is InChI=1S/C20H29N3O2/c1-2-10-21-19(25)22-13-20(14-22)18(16-6-4-3-5-7-16)17(12-24)23(20)11-15-8-9-15/h3-7,15,17-18,24H,2,8-14H2,1H3,(H,21,25)/t17-,18-/m0/s1. The van der Waals surface area contributed by atoms with Gasteiger partial charge in [0, 0.05) is 38.1 Å². The Morgan fingerprint density at radius 2 is 2.00 bits per heavy atom. The van der Waals surface area contributed by atoms with Gasteiger partial charge in [-0.05, 0) is 30.7 Å². The molecule has 25 heavy (non-hydrogen) atoms. The zero-order valence-electron chi connectivity index (χ0n) is 15.0. The molecule has 4 rings (SSSR count). The van der Waals surface area contributed by atoms with E-state index in [0.717, 1.165) is 38.5 Å². The summed E-state index contributed by atoms with van der Waals surface area (Å²) in [6.45, 7) is 5.60. The highest BCUT2D eigenvalue weighted by molar-refractivity contribution is 5.76. The molecule has 2 aliphatic heterocycles. The Labute approximate surface area is 150 Å². The number of nitrogens with zero attached hydrogens (tertiary/aromatic N) is 2. The summed E-state index contributed by atoms with van der Waals surface area (Å²) in [6, 6.07) is 10.8. The molecule has 0 unspecified atom stereocenters. The summed E-state index contributed by atoms with van der Waals surface area (Å²) in [5.74, 6) is 1.10. The zero-order chi connectivity index (χ0) is 17.4. The second-order valence-corrected chi connectivity index (χ2v) is 7.93. The number of aliphatic hydroxyl groups excluding tert-OH is 1. The molecule has 2 N–H and O–H groups in total. The van der Waals surface area contributed by atoms with Gasteiger partial charge < -0.3 is 15.3 Å². The quantitative estimate of drug-likeness (QED) is 0.831. The number of benzene rings is 1. The van der Waals surface area contributed by atoms with Crippen LogP contribution in [0.4, 0.5) is 4.79 Å². The van der Waals surface area contributed by atoms with Crippen molar-refractivity contribution in [1.82, 2.24) is 15.1 Å². The molecule has 2 saturated heterocycles. The number of carbonyl (C=O) groups excluding carboxylic acids is 1. The van der Waals surface area contributed by atoms with Gasteiger partial charge in [0.2, 0.25) is 0 Å². The average molecular weight is 343 g/mol. The largest absolute Gasteiger partial charge is 0.395 e. The predicted octanol–water partition coefficient (Wildman–Crippen LogP) is 2.03. The first-order chi connectivity index (χ1) is 12.2. The van der Waals surface area contributed by atoms with Gasteiger partial charge in [-0.15, -0.1) is 0 Å². The van der Waals surface area contributed by atoms with E-state index in [4.69, 9.17) is 0 Å². The number of urea groups is 1. The lowest BCUT2D eigenvalue weighted by molar-refractivity contribution is -0.179. The molecule has 5 heteroatoms. The molecule has 2 amide bonds. The molecule has 1 aromatic carbocycles. The van der Waals surface area contributed by atoms with Gasteiger partial charge in [-0.3, -0.25) is 4.90 Å². The molecule has 2 heterocycles. The van der Waals surface area contributed by atoms with Crippen molar-refractivity contribution < 1.29 is 9.90 Å². The summed E-state index contributed by atoms with van der Waals surface area (Å²) < 4.78 is 0. The number of nitrogens with one attached hydrogen (secondary N) is 1. The molecule has 1 saturated carbocycles. The summed E-state index contributed by atoms with van der Waals surface area (Å²) in [6.07, 6.45) is 3.57. The predicted molar refractivity (Wildman–Crippen MR) is 97.5 cm³/mol. The molecule has 0 aromatic heterocycles. The Balaban J connectivity index is 1.52. The van der Waals surface area contributed by atoms with E-state index in [1.54, 1.807) is 0 Å². The number of aliphatic hydroxyl groups is 1. The minimum Gasteiger partial charge on any atom is -0.395 e. The third-order valence-electron chi connectivity index (χ3n) is 6.18. The van der Waals surface area contributed by atoms with Crippen LogP contribution in [-0.4, -0.2) is 65.3 Å². The van der Waals surface area contributed by atoms with Crippen LogP contribution in [0.5, 0.6) is 0 Å². The lowest BCUT2D eigenvalue weighted by Crippen LogP contribution is -2.85. The maximum absolute atomic E-state index is 12.3. The second-order valence-electron chi connectivity index (χ2n) is 7.93. The Hall–Kier alpha value is -1.59. The molecule has 1 aromatic rings. The highest BCUT2D eigenvalue weighted by atomic mass is 16.3. The van der Waals surface area contributed by atoms with Gasteiger partial charge in [-0.2, -0.15) is 0 Å². The third-order valence-corrected chi connectivity index (χ3v) is 6.18. The Bertz CT molecular complexity index is 611. The van der Waals surface area contributed by atoms with Crippen LogP contribution in [0.15, 0.2) is 30.3 Å². The monoisotopic (exact) mass is 343 g/mol. The summed E-state index contributed by atoms with van der Waals surface area (Å²) in [7, 11) is 0. The van der Waals surface area contributed by atoms with Crippen molar-refractivity contribution in [3.05, 3.63) is 35.9 Å². The lowest BCUT2D eigenvalue weighted by Gasteiger charge is -2.70. The van der Waals surface area contributed by atoms with E-state index in [-0.39, 0.29) is 24.2 Å². The first kappa shape index (κ1) is 16.9. The first-order valence-electron chi connectivity index (χ1n) is 9.65. The minimum absolute atomic E-state index is 0.0148. The molecule has 136 valence electrons. The van der Waals surface area contributed by atoms with E-state index in [9.17, 15) is 9.90 Å². The summed E-state index contributed by atoms with van der Waals surface area (Å²) in [4.78, 5) is 16.7. The van der Waals surface area contributed by atoms with Gasteiger partial charge in [-0.1, -0.05) is 37.3 Å². The van der Waals surface area contributed by atoms with Crippen molar-refractivity contribution in [2.24, 2.45) is 5.92 Å². The van der Waals surface area contributed by atoms with Crippen LogP contribution >= 0.6 is 0 Å². The fourth-order valence-corrected chi connectivity index (χ4v) is 4.74. The summed E-state index contributed by atoms with van der Waals surface area (Å²) >= 11 is 0. The molecule has 3 fully saturated rings. The van der Waals surface area contributed by atoms with Crippen molar-refractivity contribution in [2.75, 3.05) is 32.8 Å². The Kier molecular flexibility index (Phi) is 4.46. The number of likely N-dealkylation sites (tertiary alicyclic amines) is 2. The Morgan fingerprint density at radius 3 is 2.60 bits per heavy atom. The smallest absolute Gasteiger partial charge is 0.317 e. The molecule has 3 aliphatic rings. The number of rotatable bonds is 6. The fraction of sp³-hybridized carbons (Fsp3) is 0.650. The van der Waals surface area contributed by atoms with Crippen molar-refractivity contribution in [3.63, 3.8) is 0 Å². The van der Waals surface area contributed by atoms with Crippen molar-refractivity contribution >= 4 is 6.03 Å². The van der Waals surface area contributed by atoms with E-state index >= 15 is 0 Å². The van der Waals surface area contributed by atoms with Crippen LogP contribution in [-0.2, 0) is 0 Å². The van der Waals surface area contributed by atoms with Gasteiger partial charge in [0.1, 0.15) is 0 Å². The van der Waals surface area contributed by atoms with Crippen LogP contribution in [0.2, 0.25) is 0 Å². The number of hydrogen-bond donors (Lipinski definition) is 2. The molecule has 0 radical (unpaired) electrons. The normalized spacial score (nSPS) is 27.7. The summed E-state index contributed by atoms with van der Waals surface area (Å²) in [5.41, 5.74) is 1.31. The van der Waals surface area contributed by atoms with Crippen LogP contribution < -0.4 is 5.32 Å². The molecule has 5 nitrogen and oxygen atoms in total. The maximum atomic E-state index is 12.3. The fourth-order valence-electron chi connectivity index (χ4n) is 4.74. The van der Waals surface area contributed by atoms with E-state index in [1.807, 2.05) is 11.0 Å². The van der Waals surface area contributed by atoms with Crippen molar-refractivity contribution in [1.29, 1.82) is 0 Å². The van der Waals surface area contributed by atoms with E-state index in [1.165, 1.54) is 18.4 Å². The highest BCUT2D eigenvalue weighted by Gasteiger charge is 2.66. The first-order valence-corrected chi connectivity index (χ1v) is 9.65.